The van der Waals surface area contributed by atoms with Gasteiger partial charge >= 0.3 is 11.2 Å². The number of ether oxygens (including phenoxy) is 2. The Bertz CT molecular complexity index is 943. The summed E-state index contributed by atoms with van der Waals surface area (Å²) in [6.45, 7) is 0.805. The number of carbonyl (C=O) groups excluding carboxylic acids is 1. The third kappa shape index (κ3) is 4.09. The maximum Gasteiger partial charge on any atom is 0.410 e. The molecule has 2 aromatic rings. The molecule has 1 heterocycles. The van der Waals surface area contributed by atoms with Gasteiger partial charge in [-0.25, -0.2) is 8.42 Å². The number of halogens is 2. The molecular weight excluding hydrogens is 372 g/mol. The standard InChI is InChI=1S/C16H15F2NO6S/c17-16(18,26(21,22)23)15(20)19-7-10-1-2-12-6-13(4-3-11(12)5-10)24-8-14-9-25-14/h1-6,14H,7-9H2,(H,19,20)(H,21,22,23)/p-1. The minimum atomic E-state index is -6.07. The molecule has 1 fully saturated rings. The number of nitrogens with one attached hydrogen (secondary N) is 1. The molecule has 1 aliphatic rings. The molecule has 140 valence electrons. The lowest BCUT2D eigenvalue weighted by Gasteiger charge is -2.19. The molecule has 0 saturated carbocycles. The number of benzene rings is 2. The quantitative estimate of drug-likeness (QED) is 0.569. The van der Waals surface area contributed by atoms with Crippen molar-refractivity contribution in [2.24, 2.45) is 0 Å². The van der Waals surface area contributed by atoms with E-state index < -0.39 is 21.3 Å². The van der Waals surface area contributed by atoms with Crippen LogP contribution in [0.25, 0.3) is 10.8 Å². The molecule has 10 heteroatoms. The van der Waals surface area contributed by atoms with Crippen LogP contribution in [-0.2, 0) is 26.2 Å². The first kappa shape index (κ1) is 18.5. The molecule has 0 bridgehead atoms. The summed E-state index contributed by atoms with van der Waals surface area (Å²) in [6, 6.07) is 10.2. The van der Waals surface area contributed by atoms with E-state index in [1.165, 1.54) is 0 Å². The van der Waals surface area contributed by atoms with Crippen LogP contribution in [0.15, 0.2) is 36.4 Å². The van der Waals surface area contributed by atoms with Crippen molar-refractivity contribution >= 4 is 26.8 Å². The molecular formula is C16H14F2NO6S-. The van der Waals surface area contributed by atoms with Crippen molar-refractivity contribution in [3.05, 3.63) is 42.0 Å². The Morgan fingerprint density at radius 3 is 2.58 bits per heavy atom. The number of rotatable bonds is 7. The Kier molecular flexibility index (Phi) is 4.82. The van der Waals surface area contributed by atoms with Gasteiger partial charge in [-0.3, -0.25) is 4.79 Å². The largest absolute Gasteiger partial charge is 0.743 e. The normalized spacial score (nSPS) is 17.1. The summed E-state index contributed by atoms with van der Waals surface area (Å²) in [4.78, 5) is 11.3. The summed E-state index contributed by atoms with van der Waals surface area (Å²) in [5.74, 6) is -1.49. The molecule has 1 saturated heterocycles. The van der Waals surface area contributed by atoms with Crippen LogP contribution in [0, 0.1) is 0 Å². The molecule has 0 radical (unpaired) electrons. The van der Waals surface area contributed by atoms with Gasteiger partial charge < -0.3 is 19.3 Å². The van der Waals surface area contributed by atoms with Crippen molar-refractivity contribution in [3.63, 3.8) is 0 Å². The highest BCUT2D eigenvalue weighted by atomic mass is 32.2. The summed E-state index contributed by atoms with van der Waals surface area (Å²) in [5.41, 5.74) is 0.463. The van der Waals surface area contributed by atoms with Gasteiger partial charge in [0.25, 0.3) is 0 Å². The fourth-order valence-corrected chi connectivity index (χ4v) is 2.52. The minimum Gasteiger partial charge on any atom is -0.743 e. The van der Waals surface area contributed by atoms with Crippen molar-refractivity contribution < 1.29 is 36.0 Å². The van der Waals surface area contributed by atoms with E-state index in [0.29, 0.717) is 24.5 Å². The molecule has 1 N–H and O–H groups in total. The Labute approximate surface area is 147 Å². The number of carbonyl (C=O) groups is 1. The van der Waals surface area contributed by atoms with E-state index in [9.17, 15) is 26.5 Å². The van der Waals surface area contributed by atoms with Crippen molar-refractivity contribution in [3.8, 4) is 5.75 Å². The summed E-state index contributed by atoms with van der Waals surface area (Å²) in [6.07, 6.45) is 0.132. The Balaban J connectivity index is 1.67. The molecule has 1 atom stereocenters. The number of amides is 1. The molecule has 1 unspecified atom stereocenters. The first-order chi connectivity index (χ1) is 12.2. The van der Waals surface area contributed by atoms with Gasteiger partial charge in [-0.05, 0) is 34.5 Å². The van der Waals surface area contributed by atoms with E-state index in [1.807, 2.05) is 0 Å². The van der Waals surface area contributed by atoms with Crippen LogP contribution < -0.4 is 10.1 Å². The van der Waals surface area contributed by atoms with Gasteiger partial charge in [-0.2, -0.15) is 8.78 Å². The second-order valence-corrected chi connectivity index (χ2v) is 7.18. The zero-order valence-corrected chi connectivity index (χ0v) is 14.1. The van der Waals surface area contributed by atoms with Crippen LogP contribution in [0.4, 0.5) is 8.78 Å². The fraction of sp³-hybridized carbons (Fsp3) is 0.312. The van der Waals surface area contributed by atoms with Crippen LogP contribution in [-0.4, -0.2) is 43.5 Å². The van der Waals surface area contributed by atoms with Gasteiger partial charge in [0, 0.05) is 6.54 Å². The third-order valence-electron chi connectivity index (χ3n) is 3.75. The molecule has 7 nitrogen and oxygen atoms in total. The third-order valence-corrected chi connectivity index (χ3v) is 4.56. The van der Waals surface area contributed by atoms with Crippen molar-refractivity contribution in [2.75, 3.05) is 13.2 Å². The average molecular weight is 386 g/mol. The van der Waals surface area contributed by atoms with Crippen molar-refractivity contribution in [1.29, 1.82) is 0 Å². The average Bonchev–Trinajstić information content (AvgIpc) is 3.40. The smallest absolute Gasteiger partial charge is 0.410 e. The fourth-order valence-electron chi connectivity index (χ4n) is 2.23. The Morgan fingerprint density at radius 2 is 1.92 bits per heavy atom. The molecule has 1 amide bonds. The molecule has 0 aliphatic carbocycles. The second kappa shape index (κ2) is 6.78. The van der Waals surface area contributed by atoms with E-state index in [4.69, 9.17) is 9.47 Å². The van der Waals surface area contributed by atoms with Crippen molar-refractivity contribution in [2.45, 2.75) is 17.9 Å². The first-order valence-electron chi connectivity index (χ1n) is 7.55. The van der Waals surface area contributed by atoms with E-state index in [2.05, 4.69) is 0 Å². The highest BCUT2D eigenvalue weighted by Crippen LogP contribution is 2.24. The zero-order valence-electron chi connectivity index (χ0n) is 13.3. The lowest BCUT2D eigenvalue weighted by Crippen LogP contribution is -2.45. The monoisotopic (exact) mass is 386 g/mol. The van der Waals surface area contributed by atoms with Gasteiger partial charge in [0.1, 0.15) is 18.5 Å². The molecule has 0 spiro atoms. The number of alkyl halides is 2. The van der Waals surface area contributed by atoms with Gasteiger partial charge in [0.05, 0.1) is 6.61 Å². The number of hydrogen-bond donors (Lipinski definition) is 1. The highest BCUT2D eigenvalue weighted by Gasteiger charge is 2.46. The minimum absolute atomic E-state index is 0.132. The summed E-state index contributed by atoms with van der Waals surface area (Å²) < 4.78 is 68.1. The van der Waals surface area contributed by atoms with Crippen LogP contribution in [0.2, 0.25) is 0 Å². The highest BCUT2D eigenvalue weighted by molar-refractivity contribution is 7.87. The summed E-state index contributed by atoms with van der Waals surface area (Å²) >= 11 is 0. The molecule has 0 aromatic heterocycles. The van der Waals surface area contributed by atoms with Crippen LogP contribution in [0.3, 0.4) is 0 Å². The molecule has 3 rings (SSSR count). The maximum absolute atomic E-state index is 13.1. The number of epoxide rings is 1. The van der Waals surface area contributed by atoms with E-state index in [1.54, 1.807) is 41.7 Å². The summed E-state index contributed by atoms with van der Waals surface area (Å²) in [7, 11) is -6.07. The second-order valence-electron chi connectivity index (χ2n) is 5.76. The van der Waals surface area contributed by atoms with E-state index >= 15 is 0 Å². The molecule has 1 aliphatic heterocycles. The maximum atomic E-state index is 13.1. The first-order valence-corrected chi connectivity index (χ1v) is 8.96. The lowest BCUT2D eigenvalue weighted by molar-refractivity contribution is -0.136. The predicted molar refractivity (Wildman–Crippen MR) is 85.7 cm³/mol. The van der Waals surface area contributed by atoms with Gasteiger partial charge in [-0.1, -0.05) is 18.2 Å². The van der Waals surface area contributed by atoms with Gasteiger partial charge in [0.15, 0.2) is 10.1 Å². The van der Waals surface area contributed by atoms with Crippen LogP contribution in [0.5, 0.6) is 5.75 Å². The zero-order chi connectivity index (χ0) is 18.9. The SMILES string of the molecule is O=C(NCc1ccc2cc(OCC3CO3)ccc2c1)C(F)(F)S(=O)(=O)[O-]. The Hall–Kier alpha value is -2.30. The van der Waals surface area contributed by atoms with E-state index in [0.717, 1.165) is 10.8 Å². The molecule has 26 heavy (non-hydrogen) atoms. The Morgan fingerprint density at radius 1 is 1.27 bits per heavy atom. The molecule has 2 aromatic carbocycles. The van der Waals surface area contributed by atoms with Crippen LogP contribution >= 0.6 is 0 Å². The van der Waals surface area contributed by atoms with Crippen molar-refractivity contribution in [1.82, 2.24) is 5.32 Å². The van der Waals surface area contributed by atoms with Gasteiger partial charge in [-0.15, -0.1) is 0 Å². The van der Waals surface area contributed by atoms with E-state index in [-0.39, 0.29) is 12.6 Å². The topological polar surface area (TPSA) is 108 Å². The summed E-state index contributed by atoms with van der Waals surface area (Å²) in [5, 5.41) is -1.65. The number of fused-ring (bicyclic) bond motifs is 1. The predicted octanol–water partition coefficient (Wildman–Crippen LogP) is 1.37. The van der Waals surface area contributed by atoms with Crippen LogP contribution in [0.1, 0.15) is 5.56 Å². The lowest BCUT2D eigenvalue weighted by atomic mass is 10.1. The number of hydrogen-bond acceptors (Lipinski definition) is 6. The van der Waals surface area contributed by atoms with Gasteiger partial charge in [0.2, 0.25) is 0 Å².